The number of aryl methyl sites for hydroxylation is 1. The van der Waals surface area contributed by atoms with E-state index in [0.717, 1.165) is 32.9 Å². The Morgan fingerprint density at radius 2 is 1.88 bits per heavy atom. The van der Waals surface area contributed by atoms with Gasteiger partial charge in [0.15, 0.2) is 16.8 Å². The van der Waals surface area contributed by atoms with Gasteiger partial charge in [-0.2, -0.15) is 0 Å². The Balaban J connectivity index is 1.64. The Bertz CT molecular complexity index is 1010. The zero-order chi connectivity index (χ0) is 17.2. The van der Waals surface area contributed by atoms with Gasteiger partial charge >= 0.3 is 0 Å². The predicted molar refractivity (Wildman–Crippen MR) is 95.0 cm³/mol. The van der Waals surface area contributed by atoms with Crippen LogP contribution in [0.3, 0.4) is 0 Å². The fraction of sp³-hybridized carbons (Fsp3) is 0.111. The maximum absolute atomic E-state index is 5.36. The Morgan fingerprint density at radius 1 is 1.04 bits per heavy atom. The molecule has 0 bridgehead atoms. The normalized spacial score (nSPS) is 11.0. The number of benzene rings is 1. The fourth-order valence-corrected chi connectivity index (χ4v) is 3.23. The monoisotopic (exact) mass is 349 g/mol. The smallest absolute Gasteiger partial charge is 0.197 e. The quantitative estimate of drug-likeness (QED) is 0.519. The van der Waals surface area contributed by atoms with Gasteiger partial charge in [0.2, 0.25) is 0 Å². The summed E-state index contributed by atoms with van der Waals surface area (Å²) in [5, 5.41) is 10.1. The second-order valence-corrected chi connectivity index (χ2v) is 6.43. The molecule has 0 radical (unpaired) electrons. The highest BCUT2D eigenvalue weighted by Gasteiger charge is 2.16. The van der Waals surface area contributed by atoms with E-state index in [1.165, 1.54) is 11.8 Å². The summed E-state index contributed by atoms with van der Waals surface area (Å²) >= 11 is 1.45. The molecule has 0 N–H and O–H groups in total. The Labute approximate surface area is 149 Å². The number of hydrogen-bond acceptors (Lipinski definition) is 6. The van der Waals surface area contributed by atoms with Crippen molar-refractivity contribution in [2.24, 2.45) is 7.05 Å². The molecule has 4 rings (SSSR count). The Hall–Kier alpha value is -2.93. The van der Waals surface area contributed by atoms with Gasteiger partial charge in [-0.1, -0.05) is 30.3 Å². The molecule has 0 aliphatic rings. The van der Waals surface area contributed by atoms with Gasteiger partial charge in [0.05, 0.1) is 11.8 Å². The summed E-state index contributed by atoms with van der Waals surface area (Å²) in [7, 11) is 1.93. The summed E-state index contributed by atoms with van der Waals surface area (Å²) in [6.45, 7) is 1.91. The molecule has 0 atom stereocenters. The van der Waals surface area contributed by atoms with Crippen LogP contribution in [0.15, 0.2) is 69.5 Å². The largest absolute Gasteiger partial charge is 0.469 e. The minimum atomic E-state index is 0.693. The molecular weight excluding hydrogens is 334 g/mol. The first-order chi connectivity index (χ1) is 12.2. The van der Waals surface area contributed by atoms with Crippen molar-refractivity contribution in [3.05, 3.63) is 60.7 Å². The highest BCUT2D eigenvalue weighted by atomic mass is 32.2. The summed E-state index contributed by atoms with van der Waals surface area (Å²) in [4.78, 5) is 8.97. The zero-order valence-corrected chi connectivity index (χ0v) is 14.6. The Kier molecular flexibility index (Phi) is 4.07. The van der Waals surface area contributed by atoms with Crippen LogP contribution < -0.4 is 0 Å². The van der Waals surface area contributed by atoms with Gasteiger partial charge in [-0.05, 0) is 30.8 Å². The van der Waals surface area contributed by atoms with Crippen LogP contribution >= 0.6 is 11.8 Å². The van der Waals surface area contributed by atoms with Gasteiger partial charge in [-0.3, -0.25) is 0 Å². The SMILES string of the molecule is Cc1occc1-c1nnc(Sc2ccnc(-c3ccccc3)n2)n1C. The topological polar surface area (TPSA) is 69.6 Å². The van der Waals surface area contributed by atoms with Gasteiger partial charge in [-0.25, -0.2) is 9.97 Å². The van der Waals surface area contributed by atoms with Crippen molar-refractivity contribution in [2.45, 2.75) is 17.1 Å². The number of hydrogen-bond donors (Lipinski definition) is 0. The highest BCUT2D eigenvalue weighted by molar-refractivity contribution is 7.99. The van der Waals surface area contributed by atoms with E-state index < -0.39 is 0 Å². The molecule has 0 aliphatic heterocycles. The average molecular weight is 349 g/mol. The van der Waals surface area contributed by atoms with Crippen molar-refractivity contribution in [1.82, 2.24) is 24.7 Å². The first kappa shape index (κ1) is 15.6. The van der Waals surface area contributed by atoms with Crippen LogP contribution in [-0.4, -0.2) is 24.7 Å². The van der Waals surface area contributed by atoms with E-state index >= 15 is 0 Å². The molecule has 0 amide bonds. The number of nitrogens with zero attached hydrogens (tertiary/aromatic N) is 5. The highest BCUT2D eigenvalue weighted by Crippen LogP contribution is 2.29. The van der Waals surface area contributed by atoms with Crippen molar-refractivity contribution in [3.8, 4) is 22.8 Å². The summed E-state index contributed by atoms with van der Waals surface area (Å²) in [5.41, 5.74) is 1.92. The van der Waals surface area contributed by atoms with E-state index in [9.17, 15) is 0 Å². The lowest BCUT2D eigenvalue weighted by Crippen LogP contribution is -1.96. The summed E-state index contributed by atoms with van der Waals surface area (Å²) in [6, 6.07) is 13.7. The van der Waals surface area contributed by atoms with Crippen LogP contribution in [0.25, 0.3) is 22.8 Å². The second kappa shape index (κ2) is 6.52. The Morgan fingerprint density at radius 3 is 2.64 bits per heavy atom. The van der Waals surface area contributed by atoms with E-state index in [1.807, 2.05) is 61.0 Å². The van der Waals surface area contributed by atoms with E-state index in [2.05, 4.69) is 20.2 Å². The van der Waals surface area contributed by atoms with Crippen LogP contribution in [0.4, 0.5) is 0 Å². The van der Waals surface area contributed by atoms with Crippen LogP contribution in [0.1, 0.15) is 5.76 Å². The molecule has 3 aromatic heterocycles. The molecule has 0 spiro atoms. The third kappa shape index (κ3) is 3.06. The summed E-state index contributed by atoms with van der Waals surface area (Å²) in [6.07, 6.45) is 3.41. The molecule has 1 aromatic carbocycles. The molecule has 3 heterocycles. The molecule has 0 unspecified atom stereocenters. The predicted octanol–water partition coefficient (Wildman–Crippen LogP) is 3.99. The van der Waals surface area contributed by atoms with Crippen molar-refractivity contribution >= 4 is 11.8 Å². The van der Waals surface area contributed by atoms with Crippen molar-refractivity contribution in [3.63, 3.8) is 0 Å². The van der Waals surface area contributed by atoms with Crippen molar-refractivity contribution in [1.29, 1.82) is 0 Å². The van der Waals surface area contributed by atoms with Crippen LogP contribution in [0.5, 0.6) is 0 Å². The van der Waals surface area contributed by atoms with Gasteiger partial charge in [0.25, 0.3) is 0 Å². The van der Waals surface area contributed by atoms with Gasteiger partial charge in [0, 0.05) is 18.8 Å². The molecule has 124 valence electrons. The summed E-state index contributed by atoms with van der Waals surface area (Å²) < 4.78 is 7.29. The van der Waals surface area contributed by atoms with Gasteiger partial charge in [-0.15, -0.1) is 10.2 Å². The maximum atomic E-state index is 5.36. The first-order valence-electron chi connectivity index (χ1n) is 7.72. The first-order valence-corrected chi connectivity index (χ1v) is 8.54. The lowest BCUT2D eigenvalue weighted by molar-refractivity contribution is 0.534. The molecule has 25 heavy (non-hydrogen) atoms. The number of rotatable bonds is 4. The molecule has 0 saturated carbocycles. The van der Waals surface area contributed by atoms with Crippen molar-refractivity contribution < 1.29 is 4.42 Å². The van der Waals surface area contributed by atoms with E-state index in [1.54, 1.807) is 12.5 Å². The van der Waals surface area contributed by atoms with E-state index in [-0.39, 0.29) is 0 Å². The maximum Gasteiger partial charge on any atom is 0.197 e. The van der Waals surface area contributed by atoms with E-state index in [4.69, 9.17) is 4.42 Å². The summed E-state index contributed by atoms with van der Waals surface area (Å²) in [5.74, 6) is 2.28. The molecule has 0 fully saturated rings. The standard InChI is InChI=1S/C18H15N5OS/c1-12-14(9-11-24-12)17-21-22-18(23(17)2)25-15-8-10-19-16(20-15)13-6-4-3-5-7-13/h3-11H,1-2H3. The minimum Gasteiger partial charge on any atom is -0.469 e. The average Bonchev–Trinajstić information content (AvgIpc) is 3.22. The number of aromatic nitrogens is 5. The molecule has 4 aromatic rings. The van der Waals surface area contributed by atoms with Crippen LogP contribution in [0.2, 0.25) is 0 Å². The number of furan rings is 1. The molecule has 0 saturated heterocycles. The lowest BCUT2D eigenvalue weighted by Gasteiger charge is -2.04. The third-order valence-electron chi connectivity index (χ3n) is 3.79. The second-order valence-electron chi connectivity index (χ2n) is 5.44. The fourth-order valence-electron chi connectivity index (χ4n) is 2.47. The van der Waals surface area contributed by atoms with Crippen molar-refractivity contribution in [2.75, 3.05) is 0 Å². The molecular formula is C18H15N5OS. The molecule has 6 nitrogen and oxygen atoms in total. The molecule has 7 heteroatoms. The van der Waals surface area contributed by atoms with Gasteiger partial charge < -0.3 is 8.98 Å². The third-order valence-corrected chi connectivity index (χ3v) is 4.77. The lowest BCUT2D eigenvalue weighted by atomic mass is 10.2. The van der Waals surface area contributed by atoms with Crippen LogP contribution in [0, 0.1) is 6.92 Å². The zero-order valence-electron chi connectivity index (χ0n) is 13.7. The molecule has 0 aliphatic carbocycles. The van der Waals surface area contributed by atoms with Gasteiger partial charge in [0.1, 0.15) is 10.8 Å². The van der Waals surface area contributed by atoms with E-state index in [0.29, 0.717) is 5.82 Å². The van der Waals surface area contributed by atoms with Crippen LogP contribution in [-0.2, 0) is 7.05 Å². The minimum absolute atomic E-state index is 0.693.